The first-order valence-electron chi connectivity index (χ1n) is 23.4. The molecule has 10 rings (SSSR count). The first-order valence-corrected chi connectivity index (χ1v) is 23.8. The summed E-state index contributed by atoms with van der Waals surface area (Å²) in [5.41, 5.74) is 2.99. The third-order valence-corrected chi connectivity index (χ3v) is 15.1. The van der Waals surface area contributed by atoms with Gasteiger partial charge in [0, 0.05) is 85.4 Å². The molecule has 5 aromatic rings. The van der Waals surface area contributed by atoms with E-state index in [2.05, 4.69) is 31.4 Å². The Bertz CT molecular complexity index is 2950. The van der Waals surface area contributed by atoms with Crippen molar-refractivity contribution in [3.05, 3.63) is 103 Å². The summed E-state index contributed by atoms with van der Waals surface area (Å²) in [5, 5.41) is 44.6. The van der Waals surface area contributed by atoms with Gasteiger partial charge in [-0.25, -0.2) is 9.78 Å². The molecule has 0 bridgehead atoms. The Balaban J connectivity index is 0.700. The maximum Gasteiger partial charge on any atom is 0.343 e. The summed E-state index contributed by atoms with van der Waals surface area (Å²) in [5.74, 6) is 0.485. The molecular weight excluding hydrogens is 890 g/mol. The fourth-order valence-electron chi connectivity index (χ4n) is 10.5. The molecule has 1 saturated carbocycles. The van der Waals surface area contributed by atoms with E-state index in [1.54, 1.807) is 47.9 Å². The maximum atomic E-state index is 13.8. The molecule has 3 fully saturated rings. The molecule has 352 valence electrons. The Hall–Kier alpha value is -6.61. The highest BCUT2D eigenvalue weighted by Gasteiger charge is 2.45. The summed E-state index contributed by atoms with van der Waals surface area (Å²) in [7, 11) is 0. The van der Waals surface area contributed by atoms with Crippen LogP contribution in [0, 0.1) is 24.2 Å². The molecule has 5 aliphatic rings. The molecule has 4 aliphatic heterocycles. The largest absolute Gasteiger partial charge is 0.508 e. The van der Waals surface area contributed by atoms with E-state index in [1.807, 2.05) is 24.0 Å². The van der Waals surface area contributed by atoms with E-state index >= 15 is 0 Å². The number of anilines is 1. The molecule has 3 N–H and O–H groups in total. The molecule has 2 amide bonds. The van der Waals surface area contributed by atoms with Crippen molar-refractivity contribution in [2.45, 2.75) is 96.2 Å². The number of amides is 2. The van der Waals surface area contributed by atoms with Crippen LogP contribution in [-0.2, 0) is 39.6 Å². The number of phenolic OH excluding ortho intramolecular Hbond substituents is 1. The number of benzene rings is 2. The van der Waals surface area contributed by atoms with Crippen LogP contribution in [0.4, 0.5) is 5.82 Å². The number of esters is 1. The molecule has 68 heavy (non-hydrogen) atoms. The molecular formula is C50H52ClN9O8. The van der Waals surface area contributed by atoms with Gasteiger partial charge in [-0.05, 0) is 100 Å². The van der Waals surface area contributed by atoms with E-state index < -0.39 is 11.6 Å². The van der Waals surface area contributed by atoms with Gasteiger partial charge in [-0.15, -0.1) is 10.2 Å². The maximum absolute atomic E-state index is 13.8. The minimum Gasteiger partial charge on any atom is -0.508 e. The number of nitrogens with zero attached hydrogens (tertiary/aromatic N) is 8. The number of phenols is 1. The number of hydrogen-bond donors (Lipinski definition) is 3. The molecule has 0 radical (unpaired) electrons. The second-order valence-electron chi connectivity index (χ2n) is 18.6. The van der Waals surface area contributed by atoms with E-state index in [0.717, 1.165) is 47.8 Å². The SMILES string of the molecule is CC[C@@]1(O)C(=O)OCc2c1cc1n(c2=O)Cc2cc3c(CN4CCN(C(=O)C5CCN(c6ccc(C(=O)NC7CCC(Oc8ccc(C#N)c(Cl)c8C)CC7)nn6)CC5)CC4)c(O)ccc3nc2-1. The third-order valence-electron chi connectivity index (χ3n) is 14.7. The number of ether oxygens (including phenoxy) is 2. The number of piperidine rings is 1. The zero-order valence-corrected chi connectivity index (χ0v) is 38.7. The molecule has 17 nitrogen and oxygen atoms in total. The fraction of sp³-hybridized carbons (Fsp3) is 0.440. The van der Waals surface area contributed by atoms with Crippen molar-refractivity contribution < 1.29 is 34.1 Å². The van der Waals surface area contributed by atoms with Gasteiger partial charge >= 0.3 is 5.97 Å². The van der Waals surface area contributed by atoms with E-state index in [4.69, 9.17) is 26.1 Å². The monoisotopic (exact) mass is 941 g/mol. The van der Waals surface area contributed by atoms with Gasteiger partial charge in [0.15, 0.2) is 17.1 Å². The quantitative estimate of drug-likeness (QED) is 0.161. The van der Waals surface area contributed by atoms with Crippen LogP contribution in [0.5, 0.6) is 11.5 Å². The van der Waals surface area contributed by atoms with Gasteiger partial charge in [-0.3, -0.25) is 19.3 Å². The number of fused-ring (bicyclic) bond motifs is 5. The summed E-state index contributed by atoms with van der Waals surface area (Å²) in [4.78, 5) is 64.4. The lowest BCUT2D eigenvalue weighted by Gasteiger charge is -2.39. The summed E-state index contributed by atoms with van der Waals surface area (Å²) in [6.07, 6.45) is 4.45. The number of carbonyl (C=O) groups excluding carboxylic acids is 3. The number of hydrogen-bond acceptors (Lipinski definition) is 14. The number of nitriles is 1. The Morgan fingerprint density at radius 3 is 2.46 bits per heavy atom. The van der Waals surface area contributed by atoms with E-state index in [-0.39, 0.29) is 77.6 Å². The molecule has 1 aliphatic carbocycles. The van der Waals surface area contributed by atoms with Crippen molar-refractivity contribution in [2.24, 2.45) is 5.92 Å². The van der Waals surface area contributed by atoms with Gasteiger partial charge in [0.25, 0.3) is 11.5 Å². The fourth-order valence-corrected chi connectivity index (χ4v) is 10.7. The molecule has 18 heteroatoms. The highest BCUT2D eigenvalue weighted by atomic mass is 35.5. The Morgan fingerprint density at radius 1 is 0.985 bits per heavy atom. The Labute approximate surface area is 397 Å². The summed E-state index contributed by atoms with van der Waals surface area (Å²) in [6, 6.07) is 16.1. The number of aromatic hydroxyl groups is 1. The third kappa shape index (κ3) is 8.17. The number of aromatic nitrogens is 4. The van der Waals surface area contributed by atoms with Gasteiger partial charge in [0.1, 0.15) is 24.2 Å². The van der Waals surface area contributed by atoms with Gasteiger partial charge < -0.3 is 39.4 Å². The first kappa shape index (κ1) is 45.2. The van der Waals surface area contributed by atoms with Gasteiger partial charge in [0.05, 0.1) is 45.7 Å². The van der Waals surface area contributed by atoms with Crippen LogP contribution in [-0.4, -0.2) is 109 Å². The number of piperazine rings is 1. The number of halogens is 1. The van der Waals surface area contributed by atoms with Crippen LogP contribution in [0.25, 0.3) is 22.3 Å². The Kier molecular flexibility index (Phi) is 12.0. The van der Waals surface area contributed by atoms with Crippen molar-refractivity contribution in [3.63, 3.8) is 0 Å². The van der Waals surface area contributed by atoms with Crippen LogP contribution in [0.15, 0.2) is 53.3 Å². The van der Waals surface area contributed by atoms with Crippen molar-refractivity contribution in [1.29, 1.82) is 5.26 Å². The second kappa shape index (κ2) is 18.1. The highest BCUT2D eigenvalue weighted by molar-refractivity contribution is 6.32. The zero-order valence-electron chi connectivity index (χ0n) is 38.0. The minimum atomic E-state index is -1.91. The van der Waals surface area contributed by atoms with Gasteiger partial charge in [-0.1, -0.05) is 18.5 Å². The minimum absolute atomic E-state index is 0.00854. The second-order valence-corrected chi connectivity index (χ2v) is 19.0. The van der Waals surface area contributed by atoms with Crippen LogP contribution >= 0.6 is 11.6 Å². The van der Waals surface area contributed by atoms with Crippen LogP contribution in [0.1, 0.15) is 95.7 Å². The van der Waals surface area contributed by atoms with Crippen LogP contribution in [0.3, 0.4) is 0 Å². The lowest BCUT2D eigenvalue weighted by atomic mass is 9.86. The zero-order chi connectivity index (χ0) is 47.4. The molecule has 0 unspecified atom stereocenters. The van der Waals surface area contributed by atoms with E-state index in [0.29, 0.717) is 97.7 Å². The van der Waals surface area contributed by atoms with Gasteiger partial charge in [0.2, 0.25) is 5.91 Å². The average Bonchev–Trinajstić information content (AvgIpc) is 3.73. The topological polar surface area (TPSA) is 216 Å². The summed E-state index contributed by atoms with van der Waals surface area (Å²) in [6.45, 7) is 7.70. The van der Waals surface area contributed by atoms with Crippen LogP contribution < -0.4 is 20.5 Å². The number of nitrogens with one attached hydrogen (secondary N) is 1. The molecule has 2 aromatic carbocycles. The van der Waals surface area contributed by atoms with Crippen molar-refractivity contribution in [1.82, 2.24) is 34.9 Å². The van der Waals surface area contributed by atoms with Crippen molar-refractivity contribution >= 4 is 46.1 Å². The number of pyridine rings is 2. The lowest BCUT2D eigenvalue weighted by Crippen LogP contribution is -2.51. The van der Waals surface area contributed by atoms with Crippen molar-refractivity contribution in [2.75, 3.05) is 44.2 Å². The number of carbonyl (C=O) groups is 3. The molecule has 3 aromatic heterocycles. The number of cyclic esters (lactones) is 1. The standard InChI is InChI=1S/C50H52ClN9O8/c1-3-50(66)37-23-40-45-31(25-60(40)48(64)36(37)27-67-49(50)65)22-34-35(41(61)11-9-38(34)54-45)26-57-18-20-59(21-19-57)47(63)29-14-16-58(17-15-29)43-13-10-39(55-56-43)46(62)53-32-5-7-33(8-6-32)68-42-12-4-30(24-52)44(51)28(42)2/h4,9-13,22-23,29,32-33,61,66H,3,5-8,14-21,25-27H2,1-2H3,(H,53,62)/t32?,33?,50-/m0/s1. The van der Waals surface area contributed by atoms with Gasteiger partial charge in [-0.2, -0.15) is 5.26 Å². The Morgan fingerprint density at radius 2 is 1.75 bits per heavy atom. The highest BCUT2D eigenvalue weighted by Crippen LogP contribution is 2.40. The predicted octanol–water partition coefficient (Wildman–Crippen LogP) is 5.09. The van der Waals surface area contributed by atoms with Crippen LogP contribution in [0.2, 0.25) is 5.02 Å². The molecule has 2 saturated heterocycles. The first-order chi connectivity index (χ1) is 32.8. The number of aliphatic hydroxyl groups is 1. The predicted molar refractivity (Wildman–Crippen MR) is 250 cm³/mol. The van der Waals surface area contributed by atoms with E-state index in [1.165, 1.54) is 0 Å². The normalized spacial score (nSPS) is 21.7. The smallest absolute Gasteiger partial charge is 0.343 e. The lowest BCUT2D eigenvalue weighted by molar-refractivity contribution is -0.172. The molecule has 0 spiro atoms. The summed E-state index contributed by atoms with van der Waals surface area (Å²) >= 11 is 6.33. The number of rotatable bonds is 9. The summed E-state index contributed by atoms with van der Waals surface area (Å²) < 4.78 is 13.0. The van der Waals surface area contributed by atoms with E-state index in [9.17, 15) is 34.7 Å². The molecule has 1 atom stereocenters. The van der Waals surface area contributed by atoms with Crippen molar-refractivity contribution in [3.8, 4) is 29.0 Å². The average molecular weight is 942 g/mol. The molecule has 7 heterocycles.